The van der Waals surface area contributed by atoms with Crippen molar-refractivity contribution >= 4 is 11.7 Å². The zero-order chi connectivity index (χ0) is 13.0. The van der Waals surface area contributed by atoms with Gasteiger partial charge in [0.25, 0.3) is 0 Å². The number of carbonyl (C=O) groups is 1. The van der Waals surface area contributed by atoms with Gasteiger partial charge in [0.2, 0.25) is 6.79 Å². The van der Waals surface area contributed by atoms with Gasteiger partial charge in [-0.2, -0.15) is 5.10 Å². The summed E-state index contributed by atoms with van der Waals surface area (Å²) in [4.78, 5) is 10.5. The highest BCUT2D eigenvalue weighted by Crippen LogP contribution is 2.32. The predicted octanol–water partition coefficient (Wildman–Crippen LogP) is 1.39. The molecule has 0 unspecified atom stereocenters. The van der Waals surface area contributed by atoms with Crippen LogP contribution in [0.4, 0.5) is 4.79 Å². The first-order valence-electron chi connectivity index (χ1n) is 5.62. The largest absolute Gasteiger partial charge is 0.454 e. The van der Waals surface area contributed by atoms with Crippen molar-refractivity contribution in [3.05, 3.63) is 23.8 Å². The van der Waals surface area contributed by atoms with E-state index in [1.54, 1.807) is 0 Å². The number of rotatable bonds is 4. The zero-order valence-electron chi connectivity index (χ0n) is 10.1. The number of ether oxygens (including phenoxy) is 2. The average molecular weight is 249 g/mol. The number of nitrogens with one attached hydrogen (secondary N) is 1. The fourth-order valence-electron chi connectivity index (χ4n) is 1.63. The highest BCUT2D eigenvalue weighted by molar-refractivity contribution is 5.83. The minimum atomic E-state index is -0.655. The molecular weight excluding hydrogens is 234 g/mol. The Morgan fingerprint density at radius 2 is 2.22 bits per heavy atom. The van der Waals surface area contributed by atoms with E-state index in [9.17, 15) is 4.79 Å². The number of carbonyl (C=O) groups excluding carboxylic acids is 1. The standard InChI is InChI=1S/C12H15N3O3/c1-8(14-15-12(13)16)2-3-9-4-5-10-11(6-9)18-7-17-10/h4-6H,2-3,7H2,1H3,(H3,13,15,16). The molecule has 1 aromatic rings. The van der Waals surface area contributed by atoms with Crippen molar-refractivity contribution in [2.75, 3.05) is 6.79 Å². The van der Waals surface area contributed by atoms with Crippen LogP contribution in [0.15, 0.2) is 23.3 Å². The summed E-state index contributed by atoms with van der Waals surface area (Å²) in [5.41, 5.74) is 9.07. The van der Waals surface area contributed by atoms with Crippen molar-refractivity contribution in [2.24, 2.45) is 10.8 Å². The Hall–Kier alpha value is -2.24. The van der Waals surface area contributed by atoms with Gasteiger partial charge in [-0.25, -0.2) is 10.2 Å². The smallest absolute Gasteiger partial charge is 0.332 e. The molecule has 3 N–H and O–H groups in total. The molecule has 0 aliphatic carbocycles. The Kier molecular flexibility index (Phi) is 3.66. The Morgan fingerprint density at radius 1 is 1.44 bits per heavy atom. The second-order valence-corrected chi connectivity index (χ2v) is 4.01. The number of nitrogens with two attached hydrogens (primary N) is 1. The van der Waals surface area contributed by atoms with E-state index in [-0.39, 0.29) is 6.79 Å². The normalized spacial score (nSPS) is 13.5. The molecule has 0 aromatic heterocycles. The Morgan fingerprint density at radius 3 is 3.00 bits per heavy atom. The molecule has 1 aliphatic heterocycles. The number of amides is 2. The molecule has 0 saturated carbocycles. The molecule has 0 saturated heterocycles. The Bertz CT molecular complexity index is 485. The lowest BCUT2D eigenvalue weighted by atomic mass is 10.1. The number of hydrazone groups is 1. The molecule has 18 heavy (non-hydrogen) atoms. The van der Waals surface area contributed by atoms with Crippen LogP contribution in [0.1, 0.15) is 18.9 Å². The quantitative estimate of drug-likeness (QED) is 0.624. The van der Waals surface area contributed by atoms with Gasteiger partial charge in [-0.15, -0.1) is 0 Å². The number of fused-ring (bicyclic) bond motifs is 1. The third-order valence-electron chi connectivity index (χ3n) is 2.57. The molecule has 1 aromatic carbocycles. The summed E-state index contributed by atoms with van der Waals surface area (Å²) in [6, 6.07) is 5.18. The highest BCUT2D eigenvalue weighted by Gasteiger charge is 2.12. The van der Waals surface area contributed by atoms with Crippen LogP contribution in [0.3, 0.4) is 0 Å². The first-order valence-corrected chi connectivity index (χ1v) is 5.62. The Balaban J connectivity index is 1.90. The van der Waals surface area contributed by atoms with Gasteiger partial charge >= 0.3 is 6.03 Å². The van der Waals surface area contributed by atoms with Gasteiger partial charge in [-0.3, -0.25) is 0 Å². The fraction of sp³-hybridized carbons (Fsp3) is 0.333. The van der Waals surface area contributed by atoms with Gasteiger partial charge in [-0.1, -0.05) is 6.07 Å². The molecule has 1 aliphatic rings. The summed E-state index contributed by atoms with van der Waals surface area (Å²) >= 11 is 0. The molecule has 0 atom stereocenters. The first kappa shape index (κ1) is 12.2. The van der Waals surface area contributed by atoms with E-state index in [1.165, 1.54) is 0 Å². The molecule has 0 spiro atoms. The van der Waals surface area contributed by atoms with Crippen molar-refractivity contribution in [3.63, 3.8) is 0 Å². The number of primary amides is 1. The van der Waals surface area contributed by atoms with E-state index in [2.05, 4.69) is 10.5 Å². The lowest BCUT2D eigenvalue weighted by molar-refractivity contribution is 0.174. The number of nitrogens with zero attached hydrogens (tertiary/aromatic N) is 1. The number of aryl methyl sites for hydroxylation is 1. The van der Waals surface area contributed by atoms with Crippen molar-refractivity contribution in [1.29, 1.82) is 0 Å². The molecule has 2 rings (SSSR count). The summed E-state index contributed by atoms with van der Waals surface area (Å²) in [6.07, 6.45) is 1.55. The van der Waals surface area contributed by atoms with Gasteiger partial charge in [0.15, 0.2) is 11.5 Å². The minimum Gasteiger partial charge on any atom is -0.454 e. The van der Waals surface area contributed by atoms with Crippen molar-refractivity contribution in [3.8, 4) is 11.5 Å². The van der Waals surface area contributed by atoms with E-state index < -0.39 is 6.03 Å². The lowest BCUT2D eigenvalue weighted by Crippen LogP contribution is -2.25. The summed E-state index contributed by atoms with van der Waals surface area (Å²) in [6.45, 7) is 2.12. The van der Waals surface area contributed by atoms with Crippen LogP contribution in [0, 0.1) is 0 Å². The van der Waals surface area contributed by atoms with Gasteiger partial charge in [0.1, 0.15) is 0 Å². The van der Waals surface area contributed by atoms with Crippen LogP contribution in [0.5, 0.6) is 11.5 Å². The molecule has 0 radical (unpaired) electrons. The number of urea groups is 1. The van der Waals surface area contributed by atoms with E-state index >= 15 is 0 Å². The molecule has 96 valence electrons. The van der Waals surface area contributed by atoms with E-state index in [0.717, 1.165) is 35.6 Å². The van der Waals surface area contributed by atoms with Crippen LogP contribution in [0.2, 0.25) is 0 Å². The second kappa shape index (κ2) is 5.39. The van der Waals surface area contributed by atoms with Crippen molar-refractivity contribution < 1.29 is 14.3 Å². The molecule has 0 bridgehead atoms. The summed E-state index contributed by atoms with van der Waals surface area (Å²) in [7, 11) is 0. The summed E-state index contributed by atoms with van der Waals surface area (Å²) < 4.78 is 10.5. The Labute approximate surface area is 105 Å². The molecule has 1 heterocycles. The zero-order valence-corrected chi connectivity index (χ0v) is 10.1. The number of hydrogen-bond acceptors (Lipinski definition) is 4. The summed E-state index contributed by atoms with van der Waals surface area (Å²) in [5.74, 6) is 1.55. The third kappa shape index (κ3) is 3.13. The van der Waals surface area contributed by atoms with Crippen molar-refractivity contribution in [1.82, 2.24) is 5.43 Å². The van der Waals surface area contributed by atoms with Crippen LogP contribution in [-0.4, -0.2) is 18.5 Å². The predicted molar refractivity (Wildman–Crippen MR) is 66.7 cm³/mol. The van der Waals surface area contributed by atoms with Gasteiger partial charge < -0.3 is 15.2 Å². The second-order valence-electron chi connectivity index (χ2n) is 4.01. The SMILES string of the molecule is CC(CCc1ccc2c(c1)OCO2)=NNC(N)=O. The molecule has 2 amide bonds. The van der Waals surface area contributed by atoms with E-state index in [0.29, 0.717) is 0 Å². The van der Waals surface area contributed by atoms with Crippen LogP contribution in [-0.2, 0) is 6.42 Å². The first-order chi connectivity index (χ1) is 8.65. The minimum absolute atomic E-state index is 0.280. The van der Waals surface area contributed by atoms with E-state index in [4.69, 9.17) is 15.2 Å². The van der Waals surface area contributed by atoms with Crippen LogP contribution in [0.25, 0.3) is 0 Å². The topological polar surface area (TPSA) is 85.9 Å². The van der Waals surface area contributed by atoms with E-state index in [1.807, 2.05) is 25.1 Å². The highest BCUT2D eigenvalue weighted by atomic mass is 16.7. The van der Waals surface area contributed by atoms with Gasteiger partial charge in [-0.05, 0) is 37.5 Å². The molecule has 6 heteroatoms. The van der Waals surface area contributed by atoms with Crippen molar-refractivity contribution in [2.45, 2.75) is 19.8 Å². The van der Waals surface area contributed by atoms with Gasteiger partial charge in [0, 0.05) is 5.71 Å². The van der Waals surface area contributed by atoms with Gasteiger partial charge in [0.05, 0.1) is 0 Å². The fourth-order valence-corrected chi connectivity index (χ4v) is 1.63. The lowest BCUT2D eigenvalue weighted by Gasteiger charge is -2.03. The maximum atomic E-state index is 10.5. The molecule has 0 fully saturated rings. The summed E-state index contributed by atoms with van der Waals surface area (Å²) in [5, 5.41) is 3.85. The average Bonchev–Trinajstić information content (AvgIpc) is 2.81. The monoisotopic (exact) mass is 249 g/mol. The maximum Gasteiger partial charge on any atom is 0.332 e. The third-order valence-corrected chi connectivity index (χ3v) is 2.57. The number of benzene rings is 1. The maximum absolute atomic E-state index is 10.5. The van der Waals surface area contributed by atoms with Crippen LogP contribution < -0.4 is 20.6 Å². The number of hydrogen-bond donors (Lipinski definition) is 2. The molecule has 6 nitrogen and oxygen atoms in total. The van der Waals surface area contributed by atoms with Crippen LogP contribution >= 0.6 is 0 Å². The molecular formula is C12H15N3O3.